The van der Waals surface area contributed by atoms with Crippen molar-refractivity contribution in [2.45, 2.75) is 43.4 Å². The van der Waals surface area contributed by atoms with Crippen molar-refractivity contribution in [3.8, 4) is 0 Å². The van der Waals surface area contributed by atoms with Crippen molar-refractivity contribution in [2.75, 3.05) is 0 Å². The van der Waals surface area contributed by atoms with Gasteiger partial charge in [0.15, 0.2) is 0 Å². The van der Waals surface area contributed by atoms with E-state index in [4.69, 9.17) is 0 Å². The second kappa shape index (κ2) is 5.55. The van der Waals surface area contributed by atoms with E-state index >= 15 is 0 Å². The van der Waals surface area contributed by atoms with Gasteiger partial charge >= 0.3 is 0 Å². The van der Waals surface area contributed by atoms with Gasteiger partial charge in [0.1, 0.15) is 0 Å². The number of rotatable bonds is 3. The Kier molecular flexibility index (Phi) is 4.31. The smallest absolute Gasteiger partial charge is 0.282 e. The summed E-state index contributed by atoms with van der Waals surface area (Å²) in [5, 5.41) is 1.03. The van der Waals surface area contributed by atoms with Gasteiger partial charge in [0.2, 0.25) is 0 Å². The van der Waals surface area contributed by atoms with E-state index in [1.807, 2.05) is 13.8 Å². The summed E-state index contributed by atoms with van der Waals surface area (Å²) in [7, 11) is -8.88. The van der Waals surface area contributed by atoms with E-state index in [0.717, 1.165) is 0 Å². The minimum absolute atomic E-state index is 0.156. The molecule has 23 heavy (non-hydrogen) atoms. The maximum Gasteiger partial charge on any atom is 0.294 e. The highest BCUT2D eigenvalue weighted by Crippen LogP contribution is 2.36. The number of hydrogen-bond acceptors (Lipinski definition) is 4. The van der Waals surface area contributed by atoms with Crippen LogP contribution in [0.3, 0.4) is 0 Å². The molecule has 2 rings (SSSR count). The van der Waals surface area contributed by atoms with E-state index in [0.29, 0.717) is 27.5 Å². The lowest BCUT2D eigenvalue weighted by molar-refractivity contribution is 0.480. The summed E-state index contributed by atoms with van der Waals surface area (Å²) in [6.07, 6.45) is 0. The Labute approximate surface area is 135 Å². The molecule has 0 aliphatic rings. The molecule has 0 unspecified atom stereocenters. The summed E-state index contributed by atoms with van der Waals surface area (Å²) in [6.45, 7) is 7.03. The minimum atomic E-state index is -4.47. The Morgan fingerprint density at radius 2 is 1.48 bits per heavy atom. The van der Waals surface area contributed by atoms with Crippen LogP contribution in [0.1, 0.15) is 36.5 Å². The molecule has 0 spiro atoms. The highest BCUT2D eigenvalue weighted by Gasteiger charge is 2.23. The Bertz CT molecular complexity index is 1000. The first-order valence-corrected chi connectivity index (χ1v) is 9.75. The van der Waals surface area contributed by atoms with Crippen LogP contribution in [0.2, 0.25) is 0 Å². The second-order valence-electron chi connectivity index (χ2n) is 5.86. The number of hydrogen-bond donors (Lipinski definition) is 2. The predicted octanol–water partition coefficient (Wildman–Crippen LogP) is 3.07. The highest BCUT2D eigenvalue weighted by atomic mass is 32.2. The van der Waals surface area contributed by atoms with Crippen LogP contribution in [0.25, 0.3) is 10.8 Å². The average Bonchev–Trinajstić information content (AvgIpc) is 2.34. The van der Waals surface area contributed by atoms with Crippen molar-refractivity contribution in [3.63, 3.8) is 0 Å². The van der Waals surface area contributed by atoms with Gasteiger partial charge in [-0.05, 0) is 65.4 Å². The van der Waals surface area contributed by atoms with E-state index in [1.165, 1.54) is 18.2 Å². The van der Waals surface area contributed by atoms with Gasteiger partial charge in [0, 0.05) is 0 Å². The zero-order chi connectivity index (χ0) is 17.7. The van der Waals surface area contributed by atoms with E-state index < -0.39 is 20.2 Å². The molecule has 0 fully saturated rings. The quantitative estimate of drug-likeness (QED) is 0.816. The molecule has 2 N–H and O–H groups in total. The van der Waals surface area contributed by atoms with Crippen LogP contribution < -0.4 is 0 Å². The molecule has 0 saturated heterocycles. The van der Waals surface area contributed by atoms with Gasteiger partial charge < -0.3 is 0 Å². The molecule has 0 saturated carbocycles. The summed E-state index contributed by atoms with van der Waals surface area (Å²) in [5.74, 6) is -0.156. The molecule has 8 heteroatoms. The van der Waals surface area contributed by atoms with Crippen LogP contribution >= 0.6 is 0 Å². The lowest BCUT2D eigenvalue weighted by atomic mass is 9.91. The standard InChI is InChI=1S/C15H18O6S2/c1-8(2)14-10(4)15-9(3)5-12(22(16,17)18)6-11(15)7-13(14)23(19,20)21/h5-8H,1-4H3,(H,16,17,18)(H,19,20,21). The molecule has 0 amide bonds. The molecule has 0 atom stereocenters. The summed E-state index contributed by atoms with van der Waals surface area (Å²) in [5.41, 5.74) is 1.74. The van der Waals surface area contributed by atoms with Gasteiger partial charge in [-0.3, -0.25) is 9.11 Å². The number of aryl methyl sites for hydroxylation is 2. The fraction of sp³-hybridized carbons (Fsp3) is 0.333. The largest absolute Gasteiger partial charge is 0.294 e. The third-order valence-corrected chi connectivity index (χ3v) is 5.55. The monoisotopic (exact) mass is 358 g/mol. The van der Waals surface area contributed by atoms with E-state index in [1.54, 1.807) is 13.8 Å². The molecule has 0 bridgehead atoms. The Morgan fingerprint density at radius 1 is 0.913 bits per heavy atom. The molecule has 0 heterocycles. The first kappa shape index (κ1) is 17.9. The molecule has 0 aliphatic carbocycles. The Hall–Kier alpha value is -1.48. The molecular weight excluding hydrogens is 340 g/mol. The predicted molar refractivity (Wildman–Crippen MR) is 87.1 cm³/mol. The van der Waals surface area contributed by atoms with E-state index in [-0.39, 0.29) is 15.7 Å². The van der Waals surface area contributed by atoms with Crippen molar-refractivity contribution in [1.29, 1.82) is 0 Å². The number of fused-ring (bicyclic) bond motifs is 1. The topological polar surface area (TPSA) is 109 Å². The molecule has 2 aromatic rings. The first-order valence-electron chi connectivity index (χ1n) is 6.87. The fourth-order valence-corrected chi connectivity index (χ4v) is 4.57. The zero-order valence-corrected chi connectivity index (χ0v) is 14.8. The summed E-state index contributed by atoms with van der Waals surface area (Å²) < 4.78 is 64.9. The van der Waals surface area contributed by atoms with Crippen LogP contribution in [0.4, 0.5) is 0 Å². The van der Waals surface area contributed by atoms with Gasteiger partial charge in [-0.25, -0.2) is 0 Å². The molecule has 6 nitrogen and oxygen atoms in total. The van der Waals surface area contributed by atoms with Crippen molar-refractivity contribution in [3.05, 3.63) is 34.9 Å². The van der Waals surface area contributed by atoms with Gasteiger partial charge in [-0.15, -0.1) is 0 Å². The average molecular weight is 358 g/mol. The van der Waals surface area contributed by atoms with E-state index in [9.17, 15) is 25.9 Å². The Balaban J connectivity index is 3.07. The third-order valence-electron chi connectivity index (χ3n) is 3.82. The van der Waals surface area contributed by atoms with Gasteiger partial charge in [-0.2, -0.15) is 16.8 Å². The first-order chi connectivity index (χ1) is 10.3. The number of benzene rings is 2. The maximum atomic E-state index is 11.7. The fourth-order valence-electron chi connectivity index (χ4n) is 3.02. The summed E-state index contributed by atoms with van der Waals surface area (Å²) in [6, 6.07) is 3.78. The lowest BCUT2D eigenvalue weighted by Crippen LogP contribution is -2.08. The van der Waals surface area contributed by atoms with Crippen molar-refractivity contribution in [1.82, 2.24) is 0 Å². The van der Waals surface area contributed by atoms with Crippen LogP contribution in [0.5, 0.6) is 0 Å². The van der Waals surface area contributed by atoms with Gasteiger partial charge in [0.25, 0.3) is 20.2 Å². The van der Waals surface area contributed by atoms with Crippen molar-refractivity contribution < 1.29 is 25.9 Å². The summed E-state index contributed by atoms with van der Waals surface area (Å²) >= 11 is 0. The maximum absolute atomic E-state index is 11.7. The van der Waals surface area contributed by atoms with Crippen molar-refractivity contribution >= 4 is 31.0 Å². The Morgan fingerprint density at radius 3 is 1.91 bits per heavy atom. The zero-order valence-electron chi connectivity index (χ0n) is 13.2. The molecule has 0 radical (unpaired) electrons. The SMILES string of the molecule is Cc1cc(S(=O)(=O)O)cc2cc(S(=O)(=O)O)c(C(C)C)c(C)c12. The van der Waals surface area contributed by atoms with Gasteiger partial charge in [-0.1, -0.05) is 13.8 Å². The normalized spacial score (nSPS) is 13.0. The van der Waals surface area contributed by atoms with Crippen LogP contribution in [-0.2, 0) is 20.2 Å². The molecule has 0 aromatic heterocycles. The third kappa shape index (κ3) is 3.25. The molecule has 126 valence electrons. The van der Waals surface area contributed by atoms with Crippen LogP contribution in [0, 0.1) is 13.8 Å². The molecule has 2 aromatic carbocycles. The minimum Gasteiger partial charge on any atom is -0.282 e. The van der Waals surface area contributed by atoms with Gasteiger partial charge in [0.05, 0.1) is 9.79 Å². The lowest BCUT2D eigenvalue weighted by Gasteiger charge is -2.18. The second-order valence-corrected chi connectivity index (χ2v) is 8.67. The van der Waals surface area contributed by atoms with E-state index in [2.05, 4.69) is 0 Å². The summed E-state index contributed by atoms with van der Waals surface area (Å²) in [4.78, 5) is -0.565. The van der Waals surface area contributed by atoms with Crippen LogP contribution in [-0.4, -0.2) is 25.9 Å². The molecular formula is C15H18O6S2. The van der Waals surface area contributed by atoms with Crippen LogP contribution in [0.15, 0.2) is 28.0 Å². The van der Waals surface area contributed by atoms with Crippen molar-refractivity contribution in [2.24, 2.45) is 0 Å². The molecule has 0 aliphatic heterocycles. The highest BCUT2D eigenvalue weighted by molar-refractivity contribution is 7.86.